The molecule has 0 spiro atoms. The van der Waals surface area contributed by atoms with Gasteiger partial charge in [0.15, 0.2) is 6.61 Å². The average molecular weight is 240 g/mol. The molecule has 1 fully saturated rings. The maximum absolute atomic E-state index is 11.7. The van der Waals surface area contributed by atoms with Crippen molar-refractivity contribution in [3.63, 3.8) is 0 Å². The Morgan fingerprint density at radius 1 is 1.31 bits per heavy atom. The number of alkyl halides is 3. The molecule has 0 aromatic carbocycles. The topological polar surface area (TPSA) is 75.7 Å². The van der Waals surface area contributed by atoms with Crippen LogP contribution in [-0.2, 0) is 14.3 Å². The van der Waals surface area contributed by atoms with Gasteiger partial charge in [-0.05, 0) is 0 Å². The summed E-state index contributed by atoms with van der Waals surface area (Å²) >= 11 is 0. The number of imide groups is 1. The summed E-state index contributed by atoms with van der Waals surface area (Å²) in [6, 6.07) is 0. The Morgan fingerprint density at radius 2 is 1.81 bits per heavy atom. The van der Waals surface area contributed by atoms with Gasteiger partial charge in [-0.15, -0.1) is 0 Å². The fraction of sp³-hybridized carbons (Fsp3) is 0.571. The van der Waals surface area contributed by atoms with Crippen molar-refractivity contribution >= 4 is 17.9 Å². The van der Waals surface area contributed by atoms with E-state index in [9.17, 15) is 27.6 Å². The molecule has 1 saturated heterocycles. The quantitative estimate of drug-likeness (QED) is 0.635. The molecular formula is C7H7F3N2O4. The molecule has 0 aromatic heterocycles. The molecule has 1 aliphatic rings. The Balaban J connectivity index is 2.48. The molecule has 16 heavy (non-hydrogen) atoms. The van der Waals surface area contributed by atoms with E-state index in [1.165, 1.54) is 0 Å². The largest absolute Gasteiger partial charge is 0.440 e. The maximum Gasteiger partial charge on any atom is 0.422 e. The van der Waals surface area contributed by atoms with Crippen molar-refractivity contribution < 1.29 is 32.3 Å². The van der Waals surface area contributed by atoms with E-state index < -0.39 is 43.8 Å². The zero-order valence-corrected chi connectivity index (χ0v) is 7.84. The molecule has 6 nitrogen and oxygen atoms in total. The molecule has 1 aliphatic heterocycles. The highest BCUT2D eigenvalue weighted by atomic mass is 19.4. The molecule has 0 aliphatic carbocycles. The molecule has 0 unspecified atom stereocenters. The fourth-order valence-corrected chi connectivity index (χ4v) is 1.00. The normalized spacial score (nSPS) is 17.1. The van der Waals surface area contributed by atoms with Crippen LogP contribution in [0, 0.1) is 0 Å². The van der Waals surface area contributed by atoms with E-state index in [1.54, 1.807) is 0 Å². The lowest BCUT2D eigenvalue weighted by Gasteiger charge is -2.24. The molecule has 0 aromatic rings. The number of carbonyl (C=O) groups is 3. The van der Waals surface area contributed by atoms with E-state index in [4.69, 9.17) is 0 Å². The Kier molecular flexibility index (Phi) is 3.35. The van der Waals surface area contributed by atoms with Crippen LogP contribution in [0.1, 0.15) is 0 Å². The maximum atomic E-state index is 11.7. The summed E-state index contributed by atoms with van der Waals surface area (Å²) in [7, 11) is 0. The number of piperazine rings is 1. The second kappa shape index (κ2) is 4.37. The van der Waals surface area contributed by atoms with Gasteiger partial charge in [-0.1, -0.05) is 0 Å². The van der Waals surface area contributed by atoms with Gasteiger partial charge in [0.05, 0.1) is 0 Å². The number of ether oxygens (including phenoxy) is 1. The zero-order chi connectivity index (χ0) is 12.3. The van der Waals surface area contributed by atoms with Crippen LogP contribution in [0.4, 0.5) is 18.0 Å². The second-order valence-electron chi connectivity index (χ2n) is 3.00. The molecular weight excluding hydrogens is 233 g/mol. The van der Waals surface area contributed by atoms with Crippen molar-refractivity contribution in [1.82, 2.24) is 10.2 Å². The van der Waals surface area contributed by atoms with E-state index in [-0.39, 0.29) is 0 Å². The Hall–Kier alpha value is -1.80. The minimum Gasteiger partial charge on any atom is -0.440 e. The summed E-state index contributed by atoms with van der Waals surface area (Å²) in [5.41, 5.74) is 0. The van der Waals surface area contributed by atoms with Crippen LogP contribution in [0.3, 0.4) is 0 Å². The third-order valence-corrected chi connectivity index (χ3v) is 1.57. The van der Waals surface area contributed by atoms with Crippen LogP contribution >= 0.6 is 0 Å². The van der Waals surface area contributed by atoms with Crippen LogP contribution < -0.4 is 5.32 Å². The van der Waals surface area contributed by atoms with Gasteiger partial charge in [0, 0.05) is 0 Å². The monoisotopic (exact) mass is 240 g/mol. The van der Waals surface area contributed by atoms with E-state index >= 15 is 0 Å². The first-order chi connectivity index (χ1) is 7.28. The van der Waals surface area contributed by atoms with Crippen molar-refractivity contribution in [2.75, 3.05) is 19.7 Å². The number of nitrogens with zero attached hydrogens (tertiary/aromatic N) is 1. The minimum atomic E-state index is -4.64. The Labute approximate surface area is 87.3 Å². The molecule has 1 rings (SSSR count). The Morgan fingerprint density at radius 3 is 2.25 bits per heavy atom. The molecule has 0 atom stereocenters. The van der Waals surface area contributed by atoms with Crippen LogP contribution in [0.2, 0.25) is 0 Å². The van der Waals surface area contributed by atoms with E-state index in [2.05, 4.69) is 4.74 Å². The third kappa shape index (κ3) is 3.75. The zero-order valence-electron chi connectivity index (χ0n) is 7.84. The standard InChI is InChI=1S/C7H7F3N2O4/c8-7(9,10)3-16-6(15)12-1-4(13)11-5(14)2-12/h1-3H2,(H,11,13,14). The molecule has 90 valence electrons. The van der Waals surface area contributed by atoms with Crippen molar-refractivity contribution in [2.45, 2.75) is 6.18 Å². The average Bonchev–Trinajstić information content (AvgIpc) is 2.11. The van der Waals surface area contributed by atoms with Crippen molar-refractivity contribution in [3.05, 3.63) is 0 Å². The van der Waals surface area contributed by atoms with Crippen LogP contribution in [0.15, 0.2) is 0 Å². The number of hydrogen-bond acceptors (Lipinski definition) is 4. The predicted octanol–water partition coefficient (Wildman–Crippen LogP) is -0.356. The first-order valence-corrected chi connectivity index (χ1v) is 4.09. The number of carbonyl (C=O) groups excluding carboxylic acids is 3. The van der Waals surface area contributed by atoms with E-state index in [0.717, 1.165) is 0 Å². The van der Waals surface area contributed by atoms with Gasteiger partial charge < -0.3 is 4.74 Å². The van der Waals surface area contributed by atoms with Gasteiger partial charge in [-0.25, -0.2) is 4.79 Å². The van der Waals surface area contributed by atoms with E-state index in [0.29, 0.717) is 4.90 Å². The summed E-state index contributed by atoms with van der Waals surface area (Å²) < 4.78 is 39.0. The molecule has 1 heterocycles. The summed E-state index contributed by atoms with van der Waals surface area (Å²) in [6.45, 7) is -2.75. The van der Waals surface area contributed by atoms with Gasteiger partial charge in [0.25, 0.3) is 0 Å². The summed E-state index contributed by atoms with van der Waals surface area (Å²) in [5.74, 6) is -1.53. The van der Waals surface area contributed by atoms with Crippen molar-refractivity contribution in [1.29, 1.82) is 0 Å². The van der Waals surface area contributed by atoms with Gasteiger partial charge in [0.2, 0.25) is 11.8 Å². The van der Waals surface area contributed by atoms with Crippen LogP contribution in [0.5, 0.6) is 0 Å². The molecule has 3 amide bonds. The van der Waals surface area contributed by atoms with Crippen molar-refractivity contribution in [2.24, 2.45) is 0 Å². The number of rotatable bonds is 1. The van der Waals surface area contributed by atoms with Gasteiger partial charge in [-0.3, -0.25) is 19.8 Å². The fourth-order valence-electron chi connectivity index (χ4n) is 1.00. The summed E-state index contributed by atoms with van der Waals surface area (Å²) in [6.07, 6.45) is -5.99. The Bertz CT molecular complexity index is 312. The number of nitrogens with one attached hydrogen (secondary N) is 1. The number of amides is 3. The minimum absolute atomic E-state index is 0.498. The second-order valence-corrected chi connectivity index (χ2v) is 3.00. The molecule has 0 radical (unpaired) electrons. The van der Waals surface area contributed by atoms with Crippen LogP contribution in [-0.4, -0.2) is 48.7 Å². The first-order valence-electron chi connectivity index (χ1n) is 4.09. The highest BCUT2D eigenvalue weighted by Crippen LogP contribution is 2.15. The van der Waals surface area contributed by atoms with E-state index in [1.807, 2.05) is 5.32 Å². The lowest BCUT2D eigenvalue weighted by atomic mass is 10.4. The predicted molar refractivity (Wildman–Crippen MR) is 42.1 cm³/mol. The molecule has 0 saturated carbocycles. The van der Waals surface area contributed by atoms with Gasteiger partial charge in [0.1, 0.15) is 13.1 Å². The first kappa shape index (κ1) is 12.3. The van der Waals surface area contributed by atoms with Crippen LogP contribution in [0.25, 0.3) is 0 Å². The molecule has 0 bridgehead atoms. The summed E-state index contributed by atoms with van der Waals surface area (Å²) in [4.78, 5) is 33.2. The lowest BCUT2D eigenvalue weighted by Crippen LogP contribution is -2.53. The third-order valence-electron chi connectivity index (χ3n) is 1.57. The van der Waals surface area contributed by atoms with Gasteiger partial charge in [-0.2, -0.15) is 13.2 Å². The highest BCUT2D eigenvalue weighted by molar-refractivity contribution is 6.01. The van der Waals surface area contributed by atoms with Crippen molar-refractivity contribution in [3.8, 4) is 0 Å². The summed E-state index contributed by atoms with van der Waals surface area (Å²) in [5, 5.41) is 1.89. The molecule has 1 N–H and O–H groups in total. The SMILES string of the molecule is O=C1CN(C(=O)OCC(F)(F)F)CC(=O)N1. The smallest absolute Gasteiger partial charge is 0.422 e. The lowest BCUT2D eigenvalue weighted by molar-refractivity contribution is -0.162. The molecule has 9 heteroatoms. The highest BCUT2D eigenvalue weighted by Gasteiger charge is 2.33. The number of halogens is 3. The van der Waals surface area contributed by atoms with Gasteiger partial charge >= 0.3 is 12.3 Å². The number of hydrogen-bond donors (Lipinski definition) is 1.